The zero-order chi connectivity index (χ0) is 14.9. The Morgan fingerprint density at radius 2 is 2.15 bits per heavy atom. The lowest BCUT2D eigenvalue weighted by atomic mass is 10.2. The van der Waals surface area contributed by atoms with Crippen molar-refractivity contribution in [3.63, 3.8) is 0 Å². The lowest BCUT2D eigenvalue weighted by Gasteiger charge is -2.37. The molecule has 9 heteroatoms. The molecule has 0 bridgehead atoms. The maximum absolute atomic E-state index is 11.9. The number of amides is 2. The van der Waals surface area contributed by atoms with E-state index in [-0.39, 0.29) is 13.1 Å². The van der Waals surface area contributed by atoms with Crippen molar-refractivity contribution < 1.29 is 17.9 Å². The Hall–Kier alpha value is -1.51. The van der Waals surface area contributed by atoms with Gasteiger partial charge in [-0.3, -0.25) is 0 Å². The standard InChI is InChI=1S/C11H14ClN3O4S/c1-19-10-3-2-7(12)4-9(10)14-11(16)15-5-8(6-15)20(13,17)18/h2-4,8H,5-6H2,1H3,(H,14,16)(H2,13,17,18). The number of rotatable bonds is 3. The summed E-state index contributed by atoms with van der Waals surface area (Å²) in [5, 5.41) is 7.37. The van der Waals surface area contributed by atoms with Crippen molar-refractivity contribution in [3.05, 3.63) is 23.2 Å². The smallest absolute Gasteiger partial charge is 0.322 e. The topological polar surface area (TPSA) is 102 Å². The van der Waals surface area contributed by atoms with Crippen LogP contribution in [-0.4, -0.2) is 44.8 Å². The third kappa shape index (κ3) is 3.14. The Bertz CT molecular complexity index is 629. The molecule has 7 nitrogen and oxygen atoms in total. The summed E-state index contributed by atoms with van der Waals surface area (Å²) in [5.41, 5.74) is 0.420. The fraction of sp³-hybridized carbons (Fsp3) is 0.364. The Balaban J connectivity index is 2.02. The molecule has 3 N–H and O–H groups in total. The highest BCUT2D eigenvalue weighted by molar-refractivity contribution is 7.89. The summed E-state index contributed by atoms with van der Waals surface area (Å²) >= 11 is 5.85. The molecule has 0 aromatic heterocycles. The van der Waals surface area contributed by atoms with Crippen LogP contribution in [0, 0.1) is 0 Å². The van der Waals surface area contributed by atoms with Crippen LogP contribution in [0.1, 0.15) is 0 Å². The molecular formula is C11H14ClN3O4S. The Labute approximate surface area is 121 Å². The van der Waals surface area contributed by atoms with Gasteiger partial charge in [0.15, 0.2) is 0 Å². The van der Waals surface area contributed by atoms with Crippen molar-refractivity contribution in [2.24, 2.45) is 5.14 Å². The van der Waals surface area contributed by atoms with Crippen LogP contribution in [0.3, 0.4) is 0 Å². The number of hydrogen-bond acceptors (Lipinski definition) is 4. The first-order valence-electron chi connectivity index (χ1n) is 5.72. The number of methoxy groups -OCH3 is 1. The molecule has 1 aromatic carbocycles. The number of ether oxygens (including phenoxy) is 1. The van der Waals surface area contributed by atoms with Crippen LogP contribution in [-0.2, 0) is 10.0 Å². The zero-order valence-electron chi connectivity index (χ0n) is 10.7. The first kappa shape index (κ1) is 14.9. The first-order valence-corrected chi connectivity index (χ1v) is 7.71. The SMILES string of the molecule is COc1ccc(Cl)cc1NC(=O)N1CC(S(N)(=O)=O)C1. The second-order valence-corrected chi connectivity index (χ2v) is 6.67. The van der Waals surface area contributed by atoms with Crippen LogP contribution < -0.4 is 15.2 Å². The second-order valence-electron chi connectivity index (χ2n) is 4.39. The van der Waals surface area contributed by atoms with Gasteiger partial charge in [-0.25, -0.2) is 18.4 Å². The summed E-state index contributed by atoms with van der Waals surface area (Å²) in [6.07, 6.45) is 0. The normalized spacial score (nSPS) is 15.7. The molecule has 0 unspecified atom stereocenters. The van der Waals surface area contributed by atoms with Crippen molar-refractivity contribution in [2.75, 3.05) is 25.5 Å². The van der Waals surface area contributed by atoms with Gasteiger partial charge in [0, 0.05) is 18.1 Å². The van der Waals surface area contributed by atoms with Crippen LogP contribution in [0.2, 0.25) is 5.02 Å². The second kappa shape index (κ2) is 5.47. The molecule has 110 valence electrons. The number of anilines is 1. The number of nitrogens with two attached hydrogens (primary N) is 1. The first-order chi connectivity index (χ1) is 9.31. The number of urea groups is 1. The largest absolute Gasteiger partial charge is 0.495 e. The van der Waals surface area contributed by atoms with E-state index in [0.29, 0.717) is 16.5 Å². The van der Waals surface area contributed by atoms with Crippen LogP contribution >= 0.6 is 11.6 Å². The number of carbonyl (C=O) groups excluding carboxylic acids is 1. The molecule has 1 saturated heterocycles. The van der Waals surface area contributed by atoms with E-state index in [4.69, 9.17) is 21.5 Å². The number of benzene rings is 1. The summed E-state index contributed by atoms with van der Waals surface area (Å²) in [5.74, 6) is 0.464. The molecule has 1 fully saturated rings. The van der Waals surface area contributed by atoms with Gasteiger partial charge in [0.1, 0.15) is 11.0 Å². The molecule has 0 saturated carbocycles. The number of nitrogens with zero attached hydrogens (tertiary/aromatic N) is 1. The number of sulfonamides is 1. The third-order valence-electron chi connectivity index (χ3n) is 3.00. The van der Waals surface area contributed by atoms with E-state index >= 15 is 0 Å². The van der Waals surface area contributed by atoms with Crippen molar-refractivity contribution in [2.45, 2.75) is 5.25 Å². The van der Waals surface area contributed by atoms with Gasteiger partial charge in [-0.1, -0.05) is 11.6 Å². The molecule has 0 radical (unpaired) electrons. The van der Waals surface area contributed by atoms with E-state index in [1.165, 1.54) is 12.0 Å². The molecule has 2 rings (SSSR count). The average Bonchev–Trinajstić information content (AvgIpc) is 2.25. The van der Waals surface area contributed by atoms with Crippen LogP contribution in [0.4, 0.5) is 10.5 Å². The van der Waals surface area contributed by atoms with Crippen LogP contribution in [0.25, 0.3) is 0 Å². The summed E-state index contributed by atoms with van der Waals surface area (Å²) in [7, 11) is -2.12. The molecule has 1 aliphatic heterocycles. The predicted octanol–water partition coefficient (Wildman–Crippen LogP) is 0.853. The number of carbonyl (C=O) groups is 1. The summed E-state index contributed by atoms with van der Waals surface area (Å²) in [6, 6.07) is 4.39. The lowest BCUT2D eigenvalue weighted by Crippen LogP contribution is -2.59. The van der Waals surface area contributed by atoms with E-state index < -0.39 is 21.3 Å². The molecule has 1 aromatic rings. The minimum atomic E-state index is -3.59. The molecule has 0 atom stereocenters. The van der Waals surface area contributed by atoms with E-state index in [1.807, 2.05) is 0 Å². The predicted molar refractivity (Wildman–Crippen MR) is 75.5 cm³/mol. The van der Waals surface area contributed by atoms with Gasteiger partial charge in [-0.05, 0) is 18.2 Å². The minimum absolute atomic E-state index is 0.0769. The number of likely N-dealkylation sites (tertiary alicyclic amines) is 1. The van der Waals surface area contributed by atoms with Gasteiger partial charge in [0.25, 0.3) is 0 Å². The van der Waals surface area contributed by atoms with Gasteiger partial charge in [-0.15, -0.1) is 0 Å². The third-order valence-corrected chi connectivity index (χ3v) is 4.47. The van der Waals surface area contributed by atoms with Gasteiger partial charge in [-0.2, -0.15) is 0 Å². The number of primary sulfonamides is 1. The minimum Gasteiger partial charge on any atom is -0.495 e. The molecule has 0 spiro atoms. The fourth-order valence-electron chi connectivity index (χ4n) is 1.78. The Kier molecular flexibility index (Phi) is 4.07. The van der Waals surface area contributed by atoms with Gasteiger partial charge < -0.3 is 15.0 Å². The van der Waals surface area contributed by atoms with Crippen molar-refractivity contribution in [3.8, 4) is 5.75 Å². The van der Waals surface area contributed by atoms with E-state index in [9.17, 15) is 13.2 Å². The van der Waals surface area contributed by atoms with E-state index in [1.54, 1.807) is 18.2 Å². The summed E-state index contributed by atoms with van der Waals surface area (Å²) in [6.45, 7) is 0.154. The molecule has 20 heavy (non-hydrogen) atoms. The number of nitrogens with one attached hydrogen (secondary N) is 1. The number of halogens is 1. The Morgan fingerprint density at radius 1 is 1.50 bits per heavy atom. The molecular weight excluding hydrogens is 306 g/mol. The van der Waals surface area contributed by atoms with Crippen molar-refractivity contribution >= 4 is 33.3 Å². The molecule has 1 heterocycles. The van der Waals surface area contributed by atoms with E-state index in [2.05, 4.69) is 5.32 Å². The monoisotopic (exact) mass is 319 g/mol. The highest BCUT2D eigenvalue weighted by Gasteiger charge is 2.38. The van der Waals surface area contributed by atoms with Gasteiger partial charge >= 0.3 is 6.03 Å². The zero-order valence-corrected chi connectivity index (χ0v) is 12.2. The maximum Gasteiger partial charge on any atom is 0.322 e. The van der Waals surface area contributed by atoms with E-state index in [0.717, 1.165) is 0 Å². The quantitative estimate of drug-likeness (QED) is 0.862. The van der Waals surface area contributed by atoms with Gasteiger partial charge in [0.05, 0.1) is 12.8 Å². The van der Waals surface area contributed by atoms with Crippen molar-refractivity contribution in [1.29, 1.82) is 0 Å². The highest BCUT2D eigenvalue weighted by atomic mass is 35.5. The molecule has 2 amide bonds. The fourth-order valence-corrected chi connectivity index (χ4v) is 2.73. The number of hydrogen-bond donors (Lipinski definition) is 2. The molecule has 0 aliphatic carbocycles. The average molecular weight is 320 g/mol. The Morgan fingerprint density at radius 3 is 2.70 bits per heavy atom. The summed E-state index contributed by atoms with van der Waals surface area (Å²) in [4.78, 5) is 13.3. The molecule has 1 aliphatic rings. The summed E-state index contributed by atoms with van der Waals surface area (Å²) < 4.78 is 27.2. The van der Waals surface area contributed by atoms with Crippen LogP contribution in [0.15, 0.2) is 18.2 Å². The maximum atomic E-state index is 11.9. The van der Waals surface area contributed by atoms with Gasteiger partial charge in [0.2, 0.25) is 10.0 Å². The lowest BCUT2D eigenvalue weighted by molar-refractivity contribution is 0.182. The van der Waals surface area contributed by atoms with Crippen LogP contribution in [0.5, 0.6) is 5.75 Å². The highest BCUT2D eigenvalue weighted by Crippen LogP contribution is 2.28. The van der Waals surface area contributed by atoms with Crippen molar-refractivity contribution in [1.82, 2.24) is 4.90 Å².